The zero-order valence-corrected chi connectivity index (χ0v) is 17.9. The van der Waals surface area contributed by atoms with Crippen molar-refractivity contribution in [3.05, 3.63) is 0 Å². The molecule has 27 heavy (non-hydrogen) atoms. The van der Waals surface area contributed by atoms with E-state index in [1.807, 2.05) is 0 Å². The summed E-state index contributed by atoms with van der Waals surface area (Å²) in [4.78, 5) is 11.4. The summed E-state index contributed by atoms with van der Waals surface area (Å²) in [5, 5.41) is 10.2. The third-order valence-corrected chi connectivity index (χ3v) is 9.28. The van der Waals surface area contributed by atoms with Crippen molar-refractivity contribution in [2.24, 2.45) is 46.2 Å². The number of esters is 1. The van der Waals surface area contributed by atoms with E-state index in [0.717, 1.165) is 37.6 Å². The van der Waals surface area contributed by atoms with Gasteiger partial charge in [0.2, 0.25) is 0 Å². The molecule has 0 saturated heterocycles. The highest BCUT2D eigenvalue weighted by atomic mass is 16.5. The second-order valence-electron chi connectivity index (χ2n) is 10.2. The van der Waals surface area contributed by atoms with Crippen molar-refractivity contribution in [3.8, 4) is 0 Å². The molecule has 3 N–H and O–H groups in total. The van der Waals surface area contributed by atoms with Crippen LogP contribution in [0.2, 0.25) is 0 Å². The molecule has 3 aliphatic rings. The molecular weight excluding hydrogens is 338 g/mol. The van der Waals surface area contributed by atoms with Gasteiger partial charge in [-0.2, -0.15) is 0 Å². The number of carbonyl (C=O) groups is 1. The molecule has 3 rings (SSSR count). The van der Waals surface area contributed by atoms with Gasteiger partial charge in [0.25, 0.3) is 0 Å². The lowest BCUT2D eigenvalue weighted by Crippen LogP contribution is -2.53. The maximum Gasteiger partial charge on any atom is 0.302 e. The Morgan fingerprint density at radius 2 is 1.70 bits per heavy atom. The van der Waals surface area contributed by atoms with E-state index in [4.69, 9.17) is 10.5 Å². The number of hydrogen-bond donors (Lipinski definition) is 2. The fraction of sp³-hybridized carbons (Fsp3) is 0.957. The molecule has 156 valence electrons. The summed E-state index contributed by atoms with van der Waals surface area (Å²) in [6, 6.07) is 0. The maximum atomic E-state index is 11.4. The van der Waals surface area contributed by atoms with E-state index < -0.39 is 0 Å². The summed E-state index contributed by atoms with van der Waals surface area (Å²) in [6.45, 7) is 9.70. The molecule has 0 bridgehead atoms. The number of aliphatic hydroxyl groups is 1. The van der Waals surface area contributed by atoms with Crippen molar-refractivity contribution >= 4 is 5.97 Å². The Labute approximate surface area is 165 Å². The van der Waals surface area contributed by atoms with E-state index >= 15 is 0 Å². The van der Waals surface area contributed by atoms with E-state index in [0.29, 0.717) is 17.3 Å². The fourth-order valence-corrected chi connectivity index (χ4v) is 7.71. The molecule has 3 saturated carbocycles. The Bertz CT molecular complexity index is 538. The highest BCUT2D eigenvalue weighted by Crippen LogP contribution is 2.64. The van der Waals surface area contributed by atoms with Crippen molar-refractivity contribution in [2.75, 3.05) is 13.2 Å². The summed E-state index contributed by atoms with van der Waals surface area (Å²) < 4.78 is 5.50. The SMILES string of the molecule is CC[C@H]1CC[C@H]2[C@H](CN)[C@@H]([C@@]3(C)CC[C@H](OC(C)=O)C[C@@H]3CO)CC[C@]12C. The van der Waals surface area contributed by atoms with Crippen LogP contribution in [0.25, 0.3) is 0 Å². The van der Waals surface area contributed by atoms with Crippen LogP contribution in [0.4, 0.5) is 0 Å². The van der Waals surface area contributed by atoms with Crippen LogP contribution in [-0.2, 0) is 9.53 Å². The summed E-state index contributed by atoms with van der Waals surface area (Å²) in [5.74, 6) is 2.70. The Morgan fingerprint density at radius 3 is 2.30 bits per heavy atom. The second-order valence-corrected chi connectivity index (χ2v) is 10.2. The third-order valence-electron chi connectivity index (χ3n) is 9.28. The molecule has 0 spiro atoms. The Morgan fingerprint density at radius 1 is 1.07 bits per heavy atom. The zero-order valence-electron chi connectivity index (χ0n) is 17.9. The van der Waals surface area contributed by atoms with Gasteiger partial charge in [-0.1, -0.05) is 27.2 Å². The first-order valence-electron chi connectivity index (χ1n) is 11.3. The molecular formula is C23H41NO3. The normalized spacial score (nSPS) is 47.5. The van der Waals surface area contributed by atoms with Crippen LogP contribution >= 0.6 is 0 Å². The second kappa shape index (κ2) is 8.02. The van der Waals surface area contributed by atoms with Crippen LogP contribution in [0.15, 0.2) is 0 Å². The first-order chi connectivity index (χ1) is 12.8. The predicted octanol–water partition coefficient (Wildman–Crippen LogP) is 4.14. The van der Waals surface area contributed by atoms with Gasteiger partial charge in [0, 0.05) is 13.5 Å². The van der Waals surface area contributed by atoms with Crippen LogP contribution in [0.3, 0.4) is 0 Å². The molecule has 0 unspecified atom stereocenters. The number of ether oxygens (including phenoxy) is 1. The maximum absolute atomic E-state index is 11.4. The van der Waals surface area contributed by atoms with Crippen LogP contribution in [-0.4, -0.2) is 30.3 Å². The molecule has 3 fully saturated rings. The molecule has 0 amide bonds. The number of hydrogen-bond acceptors (Lipinski definition) is 4. The molecule has 3 aliphatic carbocycles. The molecule has 8 atom stereocenters. The van der Waals surface area contributed by atoms with Crippen molar-refractivity contribution in [2.45, 2.75) is 85.2 Å². The van der Waals surface area contributed by atoms with Crippen molar-refractivity contribution in [1.29, 1.82) is 0 Å². The molecule has 0 aromatic rings. The van der Waals surface area contributed by atoms with Gasteiger partial charge in [0.15, 0.2) is 0 Å². The highest BCUT2D eigenvalue weighted by Gasteiger charge is 2.57. The van der Waals surface area contributed by atoms with Gasteiger partial charge < -0.3 is 15.6 Å². The largest absolute Gasteiger partial charge is 0.463 e. The first kappa shape index (κ1) is 21.1. The molecule has 0 heterocycles. The molecule has 0 aromatic heterocycles. The topological polar surface area (TPSA) is 72.5 Å². The summed E-state index contributed by atoms with van der Waals surface area (Å²) in [7, 11) is 0. The van der Waals surface area contributed by atoms with Gasteiger partial charge >= 0.3 is 5.97 Å². The number of rotatable bonds is 5. The summed E-state index contributed by atoms with van der Waals surface area (Å²) >= 11 is 0. The first-order valence-corrected chi connectivity index (χ1v) is 11.3. The quantitative estimate of drug-likeness (QED) is 0.704. The summed E-state index contributed by atoms with van der Waals surface area (Å²) in [6.07, 6.45) is 9.20. The van der Waals surface area contributed by atoms with Crippen molar-refractivity contribution < 1.29 is 14.6 Å². The lowest BCUT2D eigenvalue weighted by atomic mass is 9.48. The average Bonchev–Trinajstić information content (AvgIpc) is 2.98. The van der Waals surface area contributed by atoms with Crippen LogP contribution < -0.4 is 5.73 Å². The average molecular weight is 380 g/mol. The number of aliphatic hydroxyl groups excluding tert-OH is 1. The minimum atomic E-state index is -0.204. The van der Waals surface area contributed by atoms with Crippen molar-refractivity contribution in [1.82, 2.24) is 0 Å². The van der Waals surface area contributed by atoms with Gasteiger partial charge in [0.1, 0.15) is 6.10 Å². The van der Waals surface area contributed by atoms with Gasteiger partial charge in [-0.05, 0) is 91.9 Å². The third kappa shape index (κ3) is 3.57. The Hall–Kier alpha value is -0.610. The van der Waals surface area contributed by atoms with E-state index in [-0.39, 0.29) is 30.0 Å². The van der Waals surface area contributed by atoms with E-state index in [9.17, 15) is 9.90 Å². The van der Waals surface area contributed by atoms with Gasteiger partial charge in [-0.3, -0.25) is 4.79 Å². The number of carbonyl (C=O) groups excluding carboxylic acids is 1. The summed E-state index contributed by atoms with van der Waals surface area (Å²) in [5.41, 5.74) is 6.96. The number of fused-ring (bicyclic) bond motifs is 1. The lowest BCUT2D eigenvalue weighted by molar-refractivity contribution is -0.155. The van der Waals surface area contributed by atoms with Gasteiger partial charge in [0.05, 0.1) is 0 Å². The Kier molecular flexibility index (Phi) is 6.27. The van der Waals surface area contributed by atoms with E-state index in [2.05, 4.69) is 20.8 Å². The number of nitrogens with two attached hydrogens (primary N) is 1. The molecule has 4 heteroatoms. The monoisotopic (exact) mass is 379 g/mol. The van der Waals surface area contributed by atoms with E-state index in [1.165, 1.54) is 39.0 Å². The minimum absolute atomic E-state index is 0.0335. The zero-order chi connectivity index (χ0) is 19.8. The minimum Gasteiger partial charge on any atom is -0.463 e. The molecule has 4 nitrogen and oxygen atoms in total. The van der Waals surface area contributed by atoms with E-state index in [1.54, 1.807) is 0 Å². The highest BCUT2D eigenvalue weighted by molar-refractivity contribution is 5.66. The van der Waals surface area contributed by atoms with Gasteiger partial charge in [-0.15, -0.1) is 0 Å². The molecule has 0 aromatic carbocycles. The molecule has 0 radical (unpaired) electrons. The smallest absolute Gasteiger partial charge is 0.302 e. The predicted molar refractivity (Wildman–Crippen MR) is 108 cm³/mol. The van der Waals surface area contributed by atoms with Crippen LogP contribution in [0, 0.1) is 40.4 Å². The fourth-order valence-electron chi connectivity index (χ4n) is 7.71. The van der Waals surface area contributed by atoms with Crippen LogP contribution in [0.1, 0.15) is 79.1 Å². The Balaban J connectivity index is 1.81. The van der Waals surface area contributed by atoms with Crippen LogP contribution in [0.5, 0.6) is 0 Å². The lowest BCUT2D eigenvalue weighted by Gasteiger charge is -2.57. The standard InChI is InChI=1S/C23H41NO3/c1-5-16-6-7-20-19(13-24)21(9-11-22(16,20)3)23(4)10-8-18(27-15(2)26)12-17(23)14-25/h16-21,25H,5-14,24H2,1-4H3/t16-,17+,18-,19-,20-,21-,22+,23-/m0/s1. The van der Waals surface area contributed by atoms with Gasteiger partial charge in [-0.25, -0.2) is 0 Å². The van der Waals surface area contributed by atoms with Crippen molar-refractivity contribution in [3.63, 3.8) is 0 Å². The molecule has 0 aliphatic heterocycles.